The minimum Gasteiger partial charge on any atom is -0.493 e. The summed E-state index contributed by atoms with van der Waals surface area (Å²) in [5.74, 6) is -7.23. The summed E-state index contributed by atoms with van der Waals surface area (Å²) in [6.45, 7) is 1.00. The molecule has 0 saturated carbocycles. The number of hydrogen-bond acceptors (Lipinski definition) is 8. The third kappa shape index (κ3) is 4.85. The lowest BCUT2D eigenvalue weighted by Gasteiger charge is -2.32. The summed E-state index contributed by atoms with van der Waals surface area (Å²) >= 11 is 0. The summed E-state index contributed by atoms with van der Waals surface area (Å²) in [5, 5.41) is 18.7. The van der Waals surface area contributed by atoms with Gasteiger partial charge in [0.25, 0.3) is 5.91 Å². The number of methoxy groups -OCH3 is 1. The molecule has 5 N–H and O–H groups in total. The molecular weight excluding hydrogens is 535 g/mol. The zero-order valence-corrected chi connectivity index (χ0v) is 20.8. The number of carbonyl (C=O) groups is 1. The van der Waals surface area contributed by atoms with Gasteiger partial charge in [-0.2, -0.15) is 17.6 Å². The number of alkyl halides is 3. The van der Waals surface area contributed by atoms with E-state index >= 15 is 0 Å². The number of benzene rings is 1. The number of ether oxygens (including phenoxy) is 3. The van der Waals surface area contributed by atoms with Crippen LogP contribution in [0.3, 0.4) is 0 Å². The van der Waals surface area contributed by atoms with Gasteiger partial charge in [-0.15, -0.1) is 0 Å². The van der Waals surface area contributed by atoms with Gasteiger partial charge in [0.2, 0.25) is 11.7 Å². The second kappa shape index (κ2) is 10.2. The average Bonchev–Trinajstić information content (AvgIpc) is 3.43. The predicted molar refractivity (Wildman–Crippen MR) is 124 cm³/mol. The van der Waals surface area contributed by atoms with Crippen molar-refractivity contribution in [1.82, 2.24) is 15.0 Å². The van der Waals surface area contributed by atoms with Crippen LogP contribution in [0.15, 0.2) is 18.2 Å². The number of primary amides is 1. The molecule has 10 nitrogen and oxygen atoms in total. The largest absolute Gasteiger partial charge is 0.493 e. The Bertz CT molecular complexity index is 1400. The molecule has 2 aromatic heterocycles. The molecule has 3 aromatic rings. The highest BCUT2D eigenvalue weighted by atomic mass is 19.4. The highest BCUT2D eigenvalue weighted by Gasteiger charge is 2.65. The second-order valence-electron chi connectivity index (χ2n) is 9.28. The van der Waals surface area contributed by atoms with Gasteiger partial charge in [0.05, 0.1) is 19.2 Å². The third-order valence-electron chi connectivity index (χ3n) is 6.91. The molecule has 39 heavy (non-hydrogen) atoms. The van der Waals surface area contributed by atoms with E-state index in [-0.39, 0.29) is 34.0 Å². The number of fused-ring (bicyclic) bond motifs is 1. The number of amides is 1. The van der Waals surface area contributed by atoms with E-state index in [1.807, 2.05) is 0 Å². The summed E-state index contributed by atoms with van der Waals surface area (Å²) in [4.78, 5) is 22.9. The third-order valence-corrected chi connectivity index (χ3v) is 6.91. The van der Waals surface area contributed by atoms with Crippen molar-refractivity contribution in [2.24, 2.45) is 11.7 Å². The van der Waals surface area contributed by atoms with E-state index in [0.717, 1.165) is 26.2 Å². The maximum absolute atomic E-state index is 14.6. The highest BCUT2D eigenvalue weighted by Crippen LogP contribution is 2.59. The van der Waals surface area contributed by atoms with Gasteiger partial charge in [0.15, 0.2) is 22.7 Å². The lowest BCUT2D eigenvalue weighted by Crippen LogP contribution is -2.46. The van der Waals surface area contributed by atoms with Gasteiger partial charge in [0, 0.05) is 17.4 Å². The standard InChI is InChI=1S/C24H25F5N4O6/c1-9-15(11-4-5-12(25)16(26)18(11)37-3)19(39-23(9,2)24(27,28)29)21-31-13-6-14(20(30)36)32-22(17(13)33-21)38-8-10(35)7-34/h4-6,9-10,15,19,34-35H,7-8H2,1-3H3,(H2,30,36)(H,31,33)/t9-,10-,15-,19+,23+/m0/s1. The van der Waals surface area contributed by atoms with Gasteiger partial charge in [-0.25, -0.2) is 14.4 Å². The molecule has 15 heteroatoms. The van der Waals surface area contributed by atoms with Crippen molar-refractivity contribution in [1.29, 1.82) is 0 Å². The number of rotatable bonds is 8. The minimum absolute atomic E-state index is 0.0481. The fourth-order valence-electron chi connectivity index (χ4n) is 4.64. The van der Waals surface area contributed by atoms with E-state index in [9.17, 15) is 31.9 Å². The molecule has 0 aliphatic carbocycles. The van der Waals surface area contributed by atoms with Crippen molar-refractivity contribution in [3.05, 3.63) is 46.9 Å². The summed E-state index contributed by atoms with van der Waals surface area (Å²) in [6, 6.07) is 3.09. The average molecular weight is 560 g/mol. The van der Waals surface area contributed by atoms with Gasteiger partial charge < -0.3 is 35.1 Å². The Balaban J connectivity index is 1.90. The van der Waals surface area contributed by atoms with Crippen LogP contribution < -0.4 is 15.2 Å². The molecule has 0 spiro atoms. The van der Waals surface area contributed by atoms with Crippen LogP contribution in [0.4, 0.5) is 22.0 Å². The van der Waals surface area contributed by atoms with Crippen LogP contribution in [-0.2, 0) is 4.74 Å². The molecule has 1 fully saturated rings. The maximum atomic E-state index is 14.6. The van der Waals surface area contributed by atoms with E-state index in [1.54, 1.807) is 0 Å². The number of nitrogens with two attached hydrogens (primary N) is 1. The number of hydrogen-bond donors (Lipinski definition) is 4. The summed E-state index contributed by atoms with van der Waals surface area (Å²) in [6.07, 6.45) is -7.67. The Morgan fingerprint density at radius 3 is 2.59 bits per heavy atom. The van der Waals surface area contributed by atoms with Crippen molar-refractivity contribution >= 4 is 16.9 Å². The molecule has 1 aliphatic heterocycles. The fraction of sp³-hybridized carbons (Fsp3) is 0.458. The van der Waals surface area contributed by atoms with Gasteiger partial charge in [-0.1, -0.05) is 13.0 Å². The molecule has 0 bridgehead atoms. The number of nitrogens with zero attached hydrogens (tertiary/aromatic N) is 2. The van der Waals surface area contributed by atoms with Crippen LogP contribution in [0, 0.1) is 17.6 Å². The quantitative estimate of drug-likeness (QED) is 0.307. The van der Waals surface area contributed by atoms with E-state index in [2.05, 4.69) is 15.0 Å². The summed E-state index contributed by atoms with van der Waals surface area (Å²) < 4.78 is 87.4. The first-order valence-corrected chi connectivity index (χ1v) is 11.6. The maximum Gasteiger partial charge on any atom is 0.417 e. The van der Waals surface area contributed by atoms with Crippen molar-refractivity contribution in [3.63, 3.8) is 0 Å². The van der Waals surface area contributed by atoms with Crippen LogP contribution in [0.1, 0.15) is 47.7 Å². The first-order valence-electron chi connectivity index (χ1n) is 11.6. The second-order valence-corrected chi connectivity index (χ2v) is 9.28. The number of aliphatic hydroxyl groups is 2. The van der Waals surface area contributed by atoms with Crippen LogP contribution in [0.5, 0.6) is 11.6 Å². The molecule has 4 rings (SSSR count). The van der Waals surface area contributed by atoms with Crippen molar-refractivity contribution in [3.8, 4) is 11.6 Å². The monoisotopic (exact) mass is 560 g/mol. The van der Waals surface area contributed by atoms with Crippen LogP contribution in [0.2, 0.25) is 0 Å². The van der Waals surface area contributed by atoms with Crippen LogP contribution in [0.25, 0.3) is 11.0 Å². The van der Waals surface area contributed by atoms with E-state index in [0.29, 0.717) is 0 Å². The number of halogens is 5. The number of pyridine rings is 1. The topological polar surface area (TPSA) is 153 Å². The summed E-state index contributed by atoms with van der Waals surface area (Å²) in [5.41, 5.74) is 2.26. The zero-order chi connectivity index (χ0) is 28.9. The molecule has 212 valence electrons. The lowest BCUT2D eigenvalue weighted by molar-refractivity contribution is -0.275. The number of carbonyl (C=O) groups excluding carboxylic acids is 1. The van der Waals surface area contributed by atoms with E-state index in [4.69, 9.17) is 25.1 Å². The number of aromatic nitrogens is 3. The number of H-pyrrole nitrogens is 1. The van der Waals surface area contributed by atoms with Gasteiger partial charge in [0.1, 0.15) is 30.3 Å². The molecule has 3 heterocycles. The van der Waals surface area contributed by atoms with Crippen molar-refractivity contribution < 1.29 is 51.2 Å². The van der Waals surface area contributed by atoms with Crippen molar-refractivity contribution in [2.45, 2.75) is 43.8 Å². The van der Waals surface area contributed by atoms with Gasteiger partial charge in [-0.3, -0.25) is 4.79 Å². The number of aromatic amines is 1. The number of aliphatic hydroxyl groups excluding tert-OH is 2. The Morgan fingerprint density at radius 2 is 2.00 bits per heavy atom. The molecule has 0 radical (unpaired) electrons. The molecule has 1 aliphatic rings. The molecule has 5 atom stereocenters. The molecular formula is C24H25F5N4O6. The SMILES string of the molecule is COc1c([C@H]2[C@H](c3nc4c(OC[C@@H](O)CO)nc(C(N)=O)cc4[nH]3)O[C@@](C)(C(F)(F)F)[C@H]2C)ccc(F)c1F. The van der Waals surface area contributed by atoms with Gasteiger partial charge >= 0.3 is 6.18 Å². The molecule has 1 saturated heterocycles. The lowest BCUT2D eigenvalue weighted by atomic mass is 9.77. The Morgan fingerprint density at radius 1 is 1.31 bits per heavy atom. The van der Waals surface area contributed by atoms with E-state index in [1.165, 1.54) is 13.0 Å². The predicted octanol–water partition coefficient (Wildman–Crippen LogP) is 2.89. The molecule has 1 aromatic carbocycles. The highest BCUT2D eigenvalue weighted by molar-refractivity contribution is 5.95. The van der Waals surface area contributed by atoms with Gasteiger partial charge in [-0.05, 0) is 19.1 Å². The van der Waals surface area contributed by atoms with E-state index < -0.39 is 72.3 Å². The zero-order valence-electron chi connectivity index (χ0n) is 20.8. The van der Waals surface area contributed by atoms with Crippen LogP contribution >= 0.6 is 0 Å². The smallest absolute Gasteiger partial charge is 0.417 e. The normalized spacial score (nSPS) is 24.2. The van der Waals surface area contributed by atoms with Crippen molar-refractivity contribution in [2.75, 3.05) is 20.3 Å². The Labute approximate surface area is 217 Å². The summed E-state index contributed by atoms with van der Waals surface area (Å²) in [7, 11) is 1.06. The fourth-order valence-corrected chi connectivity index (χ4v) is 4.64. The Kier molecular flexibility index (Phi) is 7.44. The van der Waals surface area contributed by atoms with Crippen LogP contribution in [-0.4, -0.2) is 69.3 Å². The minimum atomic E-state index is -4.87. The molecule has 0 unspecified atom stereocenters. The first-order chi connectivity index (χ1) is 18.2. The first kappa shape index (κ1) is 28.4. The Hall–Kier alpha value is -3.56. The molecule has 1 amide bonds. The number of nitrogens with one attached hydrogen (secondary N) is 1. The number of imidazole rings is 1.